The molecule has 0 aliphatic heterocycles. The van der Waals surface area contributed by atoms with Crippen molar-refractivity contribution in [2.24, 2.45) is 0 Å². The number of ether oxygens (including phenoxy) is 9. The lowest BCUT2D eigenvalue weighted by atomic mass is 10.0. The van der Waals surface area contributed by atoms with Gasteiger partial charge in [-0.3, -0.25) is 4.57 Å². The van der Waals surface area contributed by atoms with E-state index in [1.165, 1.54) is 4.57 Å². The molecule has 9 rings (SSSR count). The molecule has 8 aromatic carbocycles. The van der Waals surface area contributed by atoms with E-state index >= 15 is 0 Å². The Labute approximate surface area is 535 Å². The molecule has 9 aromatic rings. The number of halogens is 1. The summed E-state index contributed by atoms with van der Waals surface area (Å²) in [7, 11) is 0. The van der Waals surface area contributed by atoms with Crippen molar-refractivity contribution in [3.8, 4) is 68.8 Å². The maximum absolute atomic E-state index is 13.2. The summed E-state index contributed by atoms with van der Waals surface area (Å²) in [6, 6.07) is 60.1. The highest BCUT2D eigenvalue weighted by Gasteiger charge is 2.23. The normalized spacial score (nSPS) is 11.0. The van der Waals surface area contributed by atoms with Crippen LogP contribution in [0.2, 0.25) is 0 Å². The van der Waals surface area contributed by atoms with Crippen LogP contribution in [0.5, 0.6) is 57.5 Å². The Bertz CT molecular complexity index is 3670. The first-order valence-corrected chi connectivity index (χ1v) is 32.0. The van der Waals surface area contributed by atoms with E-state index in [-0.39, 0.29) is 0 Å². The highest BCUT2D eigenvalue weighted by atomic mass is 79.9. The number of rotatable bonds is 29. The summed E-state index contributed by atoms with van der Waals surface area (Å²) < 4.78 is 58.4. The molecular weight excluding hydrogens is 1180 g/mol. The van der Waals surface area contributed by atoms with Gasteiger partial charge >= 0.3 is 6.09 Å². The zero-order valence-electron chi connectivity index (χ0n) is 53.2. The van der Waals surface area contributed by atoms with Gasteiger partial charge in [0.25, 0.3) is 0 Å². The second kappa shape index (κ2) is 33.7. The lowest BCUT2D eigenvalue weighted by Crippen LogP contribution is -2.27. The molecule has 0 amide bonds. The van der Waals surface area contributed by atoms with Crippen LogP contribution in [-0.2, 0) is 43.6 Å². The molecule has 0 radical (unpaired) electrons. The Morgan fingerprint density at radius 3 is 1.34 bits per heavy atom. The maximum Gasteiger partial charge on any atom is 0.418 e. The fourth-order valence-electron chi connectivity index (χ4n) is 9.95. The number of hydrogen-bond acceptors (Lipinski definition) is 10. The van der Waals surface area contributed by atoms with Crippen molar-refractivity contribution in [2.45, 2.75) is 132 Å². The summed E-state index contributed by atoms with van der Waals surface area (Å²) in [5, 5.41) is 0. The third kappa shape index (κ3) is 19.4. The molecule has 0 spiro atoms. The standard InChI is InChI=1S/C43H49NO6.C34H37BrO4/c1-7-17-34-38(23-14-24-39(34)49-37-22-13-12-18-31(37)3)46-26-16-27-47-40-29-41(48-30-32-19-10-9-11-20-32)35(28-33(40)8-2)36-21-15-25-44(36)42(45)50-43(4,5)6;1-4-13-28-31(18-11-19-32(28)39-30-17-10-9-14-25(30)3)36-20-12-21-37-33-23-34(29(35)22-27(33)5-2)38-24-26-15-7-6-8-16-26/h9-15,18-25,28-29H,7-8,16-17,26-27,30H2,1-6H3;6-11,14-19,22-23H,4-5,12-13,20-21,24H2,1-3H3. The highest BCUT2D eigenvalue weighted by Crippen LogP contribution is 2.40. The number of carbonyl (C=O) groups excluding carboxylic acids is 1. The van der Waals surface area contributed by atoms with Gasteiger partial charge in [0, 0.05) is 47.9 Å². The van der Waals surface area contributed by atoms with Crippen molar-refractivity contribution in [3.63, 3.8) is 0 Å². The predicted octanol–water partition coefficient (Wildman–Crippen LogP) is 20.5. The Hall–Kier alpha value is -8.61. The molecule has 0 saturated heterocycles. The minimum atomic E-state index is -0.628. The van der Waals surface area contributed by atoms with Crippen LogP contribution in [-0.4, -0.2) is 42.7 Å². The van der Waals surface area contributed by atoms with Gasteiger partial charge in [-0.15, -0.1) is 0 Å². The fourth-order valence-corrected chi connectivity index (χ4v) is 10.5. The molecule has 0 saturated carbocycles. The average molecular weight is 1270 g/mol. The Balaban J connectivity index is 0.000000237. The van der Waals surface area contributed by atoms with Gasteiger partial charge < -0.3 is 42.6 Å². The molecule has 0 aliphatic rings. The third-order valence-electron chi connectivity index (χ3n) is 14.5. The van der Waals surface area contributed by atoms with Crippen molar-refractivity contribution >= 4 is 22.0 Å². The molecule has 1 heterocycles. The van der Waals surface area contributed by atoms with Gasteiger partial charge in [0.05, 0.1) is 36.6 Å². The first-order valence-electron chi connectivity index (χ1n) is 31.2. The summed E-state index contributed by atoms with van der Waals surface area (Å²) >= 11 is 3.65. The van der Waals surface area contributed by atoms with Gasteiger partial charge in [-0.25, -0.2) is 4.79 Å². The number of aromatic nitrogens is 1. The Morgan fingerprint density at radius 1 is 0.438 bits per heavy atom. The summed E-state index contributed by atoms with van der Waals surface area (Å²) in [5.41, 5.74) is 9.53. The minimum absolute atomic E-state index is 0.368. The van der Waals surface area contributed by atoms with Crippen molar-refractivity contribution in [1.29, 1.82) is 0 Å². The average Bonchev–Trinajstić information content (AvgIpc) is 2.00. The van der Waals surface area contributed by atoms with E-state index in [9.17, 15) is 4.79 Å². The summed E-state index contributed by atoms with van der Waals surface area (Å²) in [4.78, 5) is 13.2. The summed E-state index contributed by atoms with van der Waals surface area (Å²) in [6.45, 7) is 21.2. The van der Waals surface area contributed by atoms with Crippen LogP contribution in [0.4, 0.5) is 4.79 Å². The van der Waals surface area contributed by atoms with Crippen LogP contribution in [0.15, 0.2) is 193 Å². The molecular formula is C77H86BrNO10. The molecule has 466 valence electrons. The molecule has 0 aliphatic carbocycles. The van der Waals surface area contributed by atoms with E-state index in [0.717, 1.165) is 151 Å². The number of benzene rings is 8. The molecule has 12 heteroatoms. The van der Waals surface area contributed by atoms with Crippen molar-refractivity contribution < 1.29 is 47.4 Å². The fraction of sp³-hybridized carbons (Fsp3) is 0.312. The molecule has 0 bridgehead atoms. The molecule has 0 atom stereocenters. The second-order valence-electron chi connectivity index (χ2n) is 22.6. The molecule has 0 N–H and O–H groups in total. The van der Waals surface area contributed by atoms with Gasteiger partial charge in [-0.2, -0.15) is 0 Å². The number of para-hydroxylation sites is 2. The number of nitrogens with zero attached hydrogens (tertiary/aromatic N) is 1. The van der Waals surface area contributed by atoms with Crippen LogP contribution in [0, 0.1) is 13.8 Å². The van der Waals surface area contributed by atoms with Gasteiger partial charge in [-0.1, -0.05) is 150 Å². The van der Waals surface area contributed by atoms with Gasteiger partial charge in [0.2, 0.25) is 0 Å². The van der Waals surface area contributed by atoms with Crippen molar-refractivity contribution in [2.75, 3.05) is 26.4 Å². The van der Waals surface area contributed by atoms with Crippen LogP contribution in [0.25, 0.3) is 11.3 Å². The summed E-state index contributed by atoms with van der Waals surface area (Å²) in [5.74, 6) is 8.09. The Kier molecular flexibility index (Phi) is 25.1. The largest absolute Gasteiger partial charge is 0.493 e. The number of aryl methyl sites for hydroxylation is 4. The quantitative estimate of drug-likeness (QED) is 0.0421. The third-order valence-corrected chi connectivity index (χ3v) is 15.2. The molecule has 89 heavy (non-hydrogen) atoms. The Morgan fingerprint density at radius 2 is 0.865 bits per heavy atom. The second-order valence-corrected chi connectivity index (χ2v) is 23.5. The molecule has 0 unspecified atom stereocenters. The van der Waals surface area contributed by atoms with E-state index in [1.54, 1.807) is 6.20 Å². The topological polar surface area (TPSA) is 105 Å². The van der Waals surface area contributed by atoms with E-state index in [1.807, 2.05) is 179 Å². The first-order chi connectivity index (χ1) is 43.2. The van der Waals surface area contributed by atoms with Crippen molar-refractivity contribution in [3.05, 3.63) is 237 Å². The monoisotopic (exact) mass is 1260 g/mol. The van der Waals surface area contributed by atoms with E-state index in [0.29, 0.717) is 57.5 Å². The maximum atomic E-state index is 13.2. The predicted molar refractivity (Wildman–Crippen MR) is 361 cm³/mol. The number of carbonyl (C=O) groups is 1. The van der Waals surface area contributed by atoms with E-state index in [2.05, 4.69) is 80.9 Å². The van der Waals surface area contributed by atoms with E-state index < -0.39 is 11.7 Å². The number of hydrogen-bond donors (Lipinski definition) is 0. The smallest absolute Gasteiger partial charge is 0.418 e. The van der Waals surface area contributed by atoms with Gasteiger partial charge in [-0.05, 0) is 170 Å². The van der Waals surface area contributed by atoms with Gasteiger partial charge in [0.1, 0.15) is 76.3 Å². The zero-order valence-corrected chi connectivity index (χ0v) is 54.8. The van der Waals surface area contributed by atoms with Gasteiger partial charge in [0.15, 0.2) is 0 Å². The van der Waals surface area contributed by atoms with Crippen LogP contribution in [0.1, 0.15) is 119 Å². The molecule has 0 fully saturated rings. The summed E-state index contributed by atoms with van der Waals surface area (Å²) in [6.07, 6.45) is 8.04. The van der Waals surface area contributed by atoms with E-state index in [4.69, 9.17) is 42.6 Å². The lowest BCUT2D eigenvalue weighted by molar-refractivity contribution is 0.0540. The lowest BCUT2D eigenvalue weighted by Gasteiger charge is -2.22. The van der Waals surface area contributed by atoms with Crippen LogP contribution < -0.4 is 37.9 Å². The molecule has 1 aromatic heterocycles. The zero-order chi connectivity index (χ0) is 63.0. The van der Waals surface area contributed by atoms with Crippen LogP contribution in [0.3, 0.4) is 0 Å². The van der Waals surface area contributed by atoms with Crippen molar-refractivity contribution in [1.82, 2.24) is 4.57 Å². The SMILES string of the molecule is CCCc1c(OCCCOc2cc(OCc3ccccc3)c(-c3cccn3C(=O)OC(C)(C)C)cc2CC)cccc1Oc1ccccc1C.CCCc1c(OCCCOc2cc(OCc3ccccc3)c(Br)cc2CC)cccc1Oc1ccccc1C. The first kappa shape index (κ1) is 66.3. The molecule has 11 nitrogen and oxygen atoms in total. The minimum Gasteiger partial charge on any atom is -0.493 e. The van der Waals surface area contributed by atoms with Crippen LogP contribution >= 0.6 is 15.9 Å². The highest BCUT2D eigenvalue weighted by molar-refractivity contribution is 9.10.